The Bertz CT molecular complexity index is 629. The number of nitrogens with zero attached hydrogens (tertiary/aromatic N) is 2. The average molecular weight is 325 g/mol. The molecule has 0 saturated carbocycles. The van der Waals surface area contributed by atoms with Crippen LogP contribution < -0.4 is 5.32 Å². The van der Waals surface area contributed by atoms with E-state index in [4.69, 9.17) is 0 Å². The second kappa shape index (κ2) is 6.72. The first-order valence-electron chi connectivity index (χ1n) is 7.09. The van der Waals surface area contributed by atoms with Crippen LogP contribution in [0.4, 0.5) is 14.5 Å². The predicted molar refractivity (Wildman–Crippen MR) is 78.4 cm³/mol. The highest BCUT2D eigenvalue weighted by Crippen LogP contribution is 2.20. The summed E-state index contributed by atoms with van der Waals surface area (Å²) in [5.41, 5.74) is -0.157. The minimum atomic E-state index is -1.03. The van der Waals surface area contributed by atoms with Gasteiger partial charge in [-0.2, -0.15) is 0 Å². The summed E-state index contributed by atoms with van der Waals surface area (Å²) in [6.07, 6.45) is 1.09. The third-order valence-corrected chi connectivity index (χ3v) is 3.55. The zero-order chi connectivity index (χ0) is 17.1. The molecule has 1 aliphatic heterocycles. The van der Waals surface area contributed by atoms with Crippen LogP contribution in [-0.2, 0) is 14.4 Å². The SMILES string of the molecule is CN(C)C(=O)[C@@H]1CCCN1C(=O)C(=O)Nc1cc(F)cc(F)c1. The van der Waals surface area contributed by atoms with E-state index in [1.54, 1.807) is 14.1 Å². The van der Waals surface area contributed by atoms with Gasteiger partial charge < -0.3 is 15.1 Å². The van der Waals surface area contributed by atoms with Crippen LogP contribution >= 0.6 is 0 Å². The van der Waals surface area contributed by atoms with Gasteiger partial charge in [0.2, 0.25) is 5.91 Å². The molecular formula is C15H17F2N3O3. The summed E-state index contributed by atoms with van der Waals surface area (Å²) in [6.45, 7) is 0.286. The molecule has 0 unspecified atom stereocenters. The molecule has 2 rings (SSSR count). The molecule has 1 atom stereocenters. The lowest BCUT2D eigenvalue weighted by Gasteiger charge is -2.25. The smallest absolute Gasteiger partial charge is 0.313 e. The average Bonchev–Trinajstić information content (AvgIpc) is 2.93. The van der Waals surface area contributed by atoms with Crippen LogP contribution in [0.1, 0.15) is 12.8 Å². The summed E-state index contributed by atoms with van der Waals surface area (Å²) in [6, 6.07) is 1.78. The summed E-state index contributed by atoms with van der Waals surface area (Å²) in [4.78, 5) is 38.8. The van der Waals surface area contributed by atoms with Crippen molar-refractivity contribution in [1.29, 1.82) is 0 Å². The zero-order valence-corrected chi connectivity index (χ0v) is 12.8. The Morgan fingerprint density at radius 2 is 1.78 bits per heavy atom. The molecular weight excluding hydrogens is 308 g/mol. The minimum Gasteiger partial charge on any atom is -0.347 e. The molecule has 0 bridgehead atoms. The van der Waals surface area contributed by atoms with Gasteiger partial charge in [-0.1, -0.05) is 0 Å². The topological polar surface area (TPSA) is 69.7 Å². The van der Waals surface area contributed by atoms with Crippen molar-refractivity contribution in [3.05, 3.63) is 29.8 Å². The highest BCUT2D eigenvalue weighted by Gasteiger charge is 2.37. The molecule has 0 aliphatic carbocycles. The molecule has 124 valence electrons. The number of halogens is 2. The van der Waals surface area contributed by atoms with Gasteiger partial charge >= 0.3 is 11.8 Å². The van der Waals surface area contributed by atoms with E-state index in [-0.39, 0.29) is 18.1 Å². The summed E-state index contributed by atoms with van der Waals surface area (Å²) in [7, 11) is 3.14. The Labute approximate surface area is 132 Å². The minimum absolute atomic E-state index is 0.157. The van der Waals surface area contributed by atoms with Crippen LogP contribution in [-0.4, -0.2) is 54.2 Å². The van der Waals surface area contributed by atoms with Crippen molar-refractivity contribution in [1.82, 2.24) is 9.80 Å². The summed E-state index contributed by atoms with van der Waals surface area (Å²) >= 11 is 0. The molecule has 1 heterocycles. The van der Waals surface area contributed by atoms with Crippen molar-refractivity contribution in [3.8, 4) is 0 Å². The van der Waals surface area contributed by atoms with E-state index in [1.807, 2.05) is 0 Å². The number of carbonyl (C=O) groups is 3. The van der Waals surface area contributed by atoms with Gasteiger partial charge in [0.25, 0.3) is 0 Å². The number of hydrogen-bond acceptors (Lipinski definition) is 3. The van der Waals surface area contributed by atoms with Gasteiger partial charge in [0.05, 0.1) is 0 Å². The normalized spacial score (nSPS) is 17.0. The summed E-state index contributed by atoms with van der Waals surface area (Å²) in [5.74, 6) is -3.93. The van der Waals surface area contributed by atoms with Crippen LogP contribution in [0.2, 0.25) is 0 Å². The van der Waals surface area contributed by atoms with Crippen molar-refractivity contribution in [3.63, 3.8) is 0 Å². The molecule has 1 aromatic carbocycles. The van der Waals surface area contributed by atoms with Crippen LogP contribution in [0.25, 0.3) is 0 Å². The van der Waals surface area contributed by atoms with Gasteiger partial charge in [-0.15, -0.1) is 0 Å². The van der Waals surface area contributed by atoms with Crippen LogP contribution in [0.5, 0.6) is 0 Å². The summed E-state index contributed by atoms with van der Waals surface area (Å²) in [5, 5.41) is 2.15. The standard InChI is InChI=1S/C15H17F2N3O3/c1-19(2)14(22)12-4-3-5-20(12)15(23)13(21)18-11-7-9(16)6-10(17)8-11/h6-8,12H,3-5H2,1-2H3,(H,18,21)/t12-/m0/s1. The van der Waals surface area contributed by atoms with Gasteiger partial charge in [0.15, 0.2) is 0 Å². The number of likely N-dealkylation sites (N-methyl/N-ethyl adjacent to an activating group) is 1. The largest absolute Gasteiger partial charge is 0.347 e. The lowest BCUT2D eigenvalue weighted by atomic mass is 10.2. The summed E-state index contributed by atoms with van der Waals surface area (Å²) < 4.78 is 26.2. The highest BCUT2D eigenvalue weighted by atomic mass is 19.1. The van der Waals surface area contributed by atoms with E-state index < -0.39 is 29.5 Å². The number of anilines is 1. The third-order valence-electron chi connectivity index (χ3n) is 3.55. The van der Waals surface area contributed by atoms with Gasteiger partial charge in [0.1, 0.15) is 17.7 Å². The lowest BCUT2D eigenvalue weighted by molar-refractivity contribution is -0.147. The van der Waals surface area contributed by atoms with Crippen LogP contribution in [0, 0.1) is 11.6 Å². The first kappa shape index (κ1) is 16.9. The van der Waals surface area contributed by atoms with Gasteiger partial charge in [-0.25, -0.2) is 8.78 Å². The molecule has 1 fully saturated rings. The van der Waals surface area contributed by atoms with Crippen LogP contribution in [0.15, 0.2) is 18.2 Å². The van der Waals surface area contributed by atoms with E-state index in [0.717, 1.165) is 12.1 Å². The van der Waals surface area contributed by atoms with Crippen LogP contribution in [0.3, 0.4) is 0 Å². The molecule has 23 heavy (non-hydrogen) atoms. The molecule has 1 aliphatic rings. The monoisotopic (exact) mass is 325 g/mol. The van der Waals surface area contributed by atoms with Crippen molar-refractivity contribution in [2.24, 2.45) is 0 Å². The zero-order valence-electron chi connectivity index (χ0n) is 12.8. The van der Waals surface area contributed by atoms with Crippen molar-refractivity contribution in [2.45, 2.75) is 18.9 Å². The number of nitrogens with one attached hydrogen (secondary N) is 1. The Morgan fingerprint density at radius 3 is 2.35 bits per heavy atom. The maximum Gasteiger partial charge on any atom is 0.313 e. The van der Waals surface area contributed by atoms with Gasteiger partial charge in [-0.3, -0.25) is 14.4 Å². The maximum atomic E-state index is 13.1. The van der Waals surface area contributed by atoms with E-state index in [1.165, 1.54) is 9.80 Å². The number of amides is 3. The molecule has 0 aromatic heterocycles. The fraction of sp³-hybridized carbons (Fsp3) is 0.400. The Hall–Kier alpha value is -2.51. The number of carbonyl (C=O) groups excluding carboxylic acids is 3. The molecule has 0 radical (unpaired) electrons. The van der Waals surface area contributed by atoms with Crippen molar-refractivity contribution >= 4 is 23.4 Å². The van der Waals surface area contributed by atoms with Gasteiger partial charge in [0, 0.05) is 32.4 Å². The first-order chi connectivity index (χ1) is 10.8. The Balaban J connectivity index is 2.09. The molecule has 1 saturated heterocycles. The molecule has 1 N–H and O–H groups in total. The second-order valence-electron chi connectivity index (χ2n) is 5.50. The van der Waals surface area contributed by atoms with E-state index >= 15 is 0 Å². The second-order valence-corrected chi connectivity index (χ2v) is 5.50. The Morgan fingerprint density at radius 1 is 1.17 bits per heavy atom. The number of rotatable bonds is 2. The van der Waals surface area contributed by atoms with Crippen molar-refractivity contribution in [2.75, 3.05) is 26.0 Å². The van der Waals surface area contributed by atoms with Crippen molar-refractivity contribution < 1.29 is 23.2 Å². The van der Waals surface area contributed by atoms with E-state index in [0.29, 0.717) is 18.9 Å². The molecule has 3 amide bonds. The number of benzene rings is 1. The number of hydrogen-bond donors (Lipinski definition) is 1. The first-order valence-corrected chi connectivity index (χ1v) is 7.09. The predicted octanol–water partition coefficient (Wildman–Crippen LogP) is 0.982. The quantitative estimate of drug-likeness (QED) is 0.824. The Kier molecular flexibility index (Phi) is 4.92. The lowest BCUT2D eigenvalue weighted by Crippen LogP contribution is -2.48. The van der Waals surface area contributed by atoms with E-state index in [9.17, 15) is 23.2 Å². The third kappa shape index (κ3) is 3.82. The highest BCUT2D eigenvalue weighted by molar-refractivity contribution is 6.40. The molecule has 6 nitrogen and oxygen atoms in total. The number of likely N-dealkylation sites (tertiary alicyclic amines) is 1. The van der Waals surface area contributed by atoms with E-state index in [2.05, 4.69) is 5.32 Å². The molecule has 8 heteroatoms. The fourth-order valence-corrected chi connectivity index (χ4v) is 2.51. The maximum absolute atomic E-state index is 13.1. The molecule has 1 aromatic rings. The molecule has 0 spiro atoms. The van der Waals surface area contributed by atoms with Gasteiger partial charge in [-0.05, 0) is 25.0 Å². The fourth-order valence-electron chi connectivity index (χ4n) is 2.51.